The molecule has 88 valence electrons. The third-order valence-electron chi connectivity index (χ3n) is 3.31. The molecule has 1 atom stereocenters. The highest BCUT2D eigenvalue weighted by Crippen LogP contribution is 2.08. The van der Waals surface area contributed by atoms with Gasteiger partial charge in [-0.25, -0.2) is 4.98 Å². The summed E-state index contributed by atoms with van der Waals surface area (Å²) < 4.78 is 1.71. The Morgan fingerprint density at radius 2 is 2.29 bits per heavy atom. The van der Waals surface area contributed by atoms with E-state index in [0.29, 0.717) is 11.4 Å². The minimum absolute atomic E-state index is 0.0595. The molecule has 1 aliphatic rings. The zero-order valence-corrected chi connectivity index (χ0v) is 9.60. The first-order chi connectivity index (χ1) is 8.34. The number of hydrogen-bond acceptors (Lipinski definition) is 3. The van der Waals surface area contributed by atoms with Gasteiger partial charge in [-0.05, 0) is 31.5 Å². The van der Waals surface area contributed by atoms with Crippen LogP contribution in [-0.2, 0) is 6.54 Å². The fraction of sp³-hybridized carbons (Fsp3) is 0.385. The fourth-order valence-electron chi connectivity index (χ4n) is 2.39. The van der Waals surface area contributed by atoms with Gasteiger partial charge in [0.1, 0.15) is 0 Å². The molecule has 1 aliphatic heterocycles. The third-order valence-corrected chi connectivity index (χ3v) is 3.31. The van der Waals surface area contributed by atoms with Crippen LogP contribution in [0.1, 0.15) is 12.8 Å². The number of hydrogen-bond donors (Lipinski definition) is 1. The van der Waals surface area contributed by atoms with Crippen molar-refractivity contribution in [2.75, 3.05) is 6.54 Å². The molecule has 0 bridgehead atoms. The predicted octanol–water partition coefficient (Wildman–Crippen LogP) is 1.15. The normalized spacial score (nSPS) is 19.9. The zero-order valence-electron chi connectivity index (χ0n) is 9.60. The van der Waals surface area contributed by atoms with Gasteiger partial charge in [0.15, 0.2) is 0 Å². The standard InChI is InChI=1S/C13H15N3O/c17-13-11-5-1-2-6-12(11)15-9-16(13)8-10-4-3-7-14-10/h1-2,5-6,9-10,14H,3-4,7-8H2/t10-/m0/s1. The minimum atomic E-state index is 0.0595. The van der Waals surface area contributed by atoms with E-state index in [2.05, 4.69) is 10.3 Å². The average molecular weight is 229 g/mol. The van der Waals surface area contributed by atoms with Crippen molar-refractivity contribution in [1.29, 1.82) is 0 Å². The van der Waals surface area contributed by atoms with Crippen molar-refractivity contribution >= 4 is 10.9 Å². The molecule has 17 heavy (non-hydrogen) atoms. The molecule has 1 aromatic carbocycles. The Balaban J connectivity index is 1.99. The highest BCUT2D eigenvalue weighted by atomic mass is 16.1. The maximum atomic E-state index is 12.2. The number of nitrogens with zero attached hydrogens (tertiary/aromatic N) is 2. The summed E-state index contributed by atoms with van der Waals surface area (Å²) in [4.78, 5) is 16.5. The van der Waals surface area contributed by atoms with Gasteiger partial charge in [-0.1, -0.05) is 12.1 Å². The van der Waals surface area contributed by atoms with Crippen LogP contribution in [-0.4, -0.2) is 22.1 Å². The van der Waals surface area contributed by atoms with E-state index in [9.17, 15) is 4.79 Å². The zero-order chi connectivity index (χ0) is 11.7. The Kier molecular flexibility index (Phi) is 2.65. The highest BCUT2D eigenvalue weighted by molar-refractivity contribution is 5.76. The van der Waals surface area contributed by atoms with Crippen LogP contribution in [0.3, 0.4) is 0 Å². The first kappa shape index (κ1) is 10.5. The Morgan fingerprint density at radius 1 is 1.41 bits per heavy atom. The molecule has 1 saturated heterocycles. The van der Waals surface area contributed by atoms with Crippen molar-refractivity contribution < 1.29 is 0 Å². The molecule has 0 radical (unpaired) electrons. The fourth-order valence-corrected chi connectivity index (χ4v) is 2.39. The summed E-state index contributed by atoms with van der Waals surface area (Å²) in [6.45, 7) is 1.77. The maximum Gasteiger partial charge on any atom is 0.261 e. The van der Waals surface area contributed by atoms with Crippen LogP contribution in [0.25, 0.3) is 10.9 Å². The molecule has 0 unspecified atom stereocenters. The van der Waals surface area contributed by atoms with Gasteiger partial charge in [0.2, 0.25) is 0 Å². The van der Waals surface area contributed by atoms with E-state index in [1.807, 2.05) is 24.3 Å². The summed E-state index contributed by atoms with van der Waals surface area (Å²) in [5, 5.41) is 4.09. The highest BCUT2D eigenvalue weighted by Gasteiger charge is 2.15. The predicted molar refractivity (Wildman–Crippen MR) is 67.0 cm³/mol. The number of para-hydroxylation sites is 1. The largest absolute Gasteiger partial charge is 0.312 e. The monoisotopic (exact) mass is 229 g/mol. The van der Waals surface area contributed by atoms with E-state index in [-0.39, 0.29) is 5.56 Å². The van der Waals surface area contributed by atoms with Crippen LogP contribution in [0.4, 0.5) is 0 Å². The molecule has 0 spiro atoms. The molecule has 2 aromatic rings. The Morgan fingerprint density at radius 3 is 3.12 bits per heavy atom. The first-order valence-electron chi connectivity index (χ1n) is 6.02. The number of benzene rings is 1. The third kappa shape index (κ3) is 1.96. The molecule has 4 heteroatoms. The van der Waals surface area contributed by atoms with Crippen molar-refractivity contribution in [3.8, 4) is 0 Å². The second-order valence-corrected chi connectivity index (χ2v) is 4.51. The number of aromatic nitrogens is 2. The van der Waals surface area contributed by atoms with E-state index >= 15 is 0 Å². The van der Waals surface area contributed by atoms with Gasteiger partial charge in [0.25, 0.3) is 5.56 Å². The van der Waals surface area contributed by atoms with Gasteiger partial charge >= 0.3 is 0 Å². The molecule has 3 rings (SSSR count). The Labute approximate surface area is 99.3 Å². The molecule has 1 N–H and O–H groups in total. The van der Waals surface area contributed by atoms with Crippen molar-refractivity contribution in [2.24, 2.45) is 0 Å². The summed E-state index contributed by atoms with van der Waals surface area (Å²) >= 11 is 0. The number of fused-ring (bicyclic) bond motifs is 1. The molecule has 2 heterocycles. The molecule has 0 amide bonds. The average Bonchev–Trinajstić information content (AvgIpc) is 2.86. The number of nitrogens with one attached hydrogen (secondary N) is 1. The maximum absolute atomic E-state index is 12.2. The minimum Gasteiger partial charge on any atom is -0.312 e. The second kappa shape index (κ2) is 4.30. The van der Waals surface area contributed by atoms with Crippen LogP contribution in [0.15, 0.2) is 35.4 Å². The van der Waals surface area contributed by atoms with E-state index in [1.54, 1.807) is 10.9 Å². The van der Waals surface area contributed by atoms with E-state index in [0.717, 1.165) is 25.0 Å². The van der Waals surface area contributed by atoms with Gasteiger partial charge < -0.3 is 5.32 Å². The quantitative estimate of drug-likeness (QED) is 0.840. The lowest BCUT2D eigenvalue weighted by molar-refractivity contribution is 0.497. The van der Waals surface area contributed by atoms with Crippen molar-refractivity contribution in [3.63, 3.8) is 0 Å². The summed E-state index contributed by atoms with van der Waals surface area (Å²) in [7, 11) is 0. The first-order valence-corrected chi connectivity index (χ1v) is 6.02. The van der Waals surface area contributed by atoms with Crippen molar-refractivity contribution in [1.82, 2.24) is 14.9 Å². The molecular weight excluding hydrogens is 214 g/mol. The van der Waals surface area contributed by atoms with Gasteiger partial charge in [-0.2, -0.15) is 0 Å². The van der Waals surface area contributed by atoms with Crippen LogP contribution in [0.5, 0.6) is 0 Å². The smallest absolute Gasteiger partial charge is 0.261 e. The van der Waals surface area contributed by atoms with Crippen molar-refractivity contribution in [2.45, 2.75) is 25.4 Å². The van der Waals surface area contributed by atoms with Gasteiger partial charge in [0.05, 0.1) is 17.2 Å². The lowest BCUT2D eigenvalue weighted by atomic mass is 10.2. The van der Waals surface area contributed by atoms with Gasteiger partial charge in [0, 0.05) is 12.6 Å². The van der Waals surface area contributed by atoms with E-state index in [4.69, 9.17) is 0 Å². The summed E-state index contributed by atoms with van der Waals surface area (Å²) in [6.07, 6.45) is 3.99. The van der Waals surface area contributed by atoms with Gasteiger partial charge in [-0.15, -0.1) is 0 Å². The van der Waals surface area contributed by atoms with E-state index in [1.165, 1.54) is 6.42 Å². The van der Waals surface area contributed by atoms with Crippen LogP contribution in [0.2, 0.25) is 0 Å². The van der Waals surface area contributed by atoms with Crippen molar-refractivity contribution in [3.05, 3.63) is 40.9 Å². The summed E-state index contributed by atoms with van der Waals surface area (Å²) in [6, 6.07) is 7.90. The van der Waals surface area contributed by atoms with Crippen LogP contribution < -0.4 is 10.9 Å². The summed E-state index contributed by atoms with van der Waals surface area (Å²) in [5.74, 6) is 0. The second-order valence-electron chi connectivity index (χ2n) is 4.51. The molecule has 0 saturated carbocycles. The molecular formula is C13H15N3O. The van der Waals surface area contributed by atoms with Gasteiger partial charge in [-0.3, -0.25) is 9.36 Å². The van der Waals surface area contributed by atoms with Crippen LogP contribution >= 0.6 is 0 Å². The topological polar surface area (TPSA) is 46.9 Å². The molecule has 4 nitrogen and oxygen atoms in total. The van der Waals surface area contributed by atoms with Crippen LogP contribution in [0, 0.1) is 0 Å². The SMILES string of the molecule is O=c1c2ccccc2ncn1C[C@@H]1CCCN1. The molecule has 1 fully saturated rings. The lowest BCUT2D eigenvalue weighted by Crippen LogP contribution is -2.32. The number of rotatable bonds is 2. The Hall–Kier alpha value is -1.68. The lowest BCUT2D eigenvalue weighted by Gasteiger charge is -2.12. The van der Waals surface area contributed by atoms with E-state index < -0.39 is 0 Å². The molecule has 1 aromatic heterocycles. The summed E-state index contributed by atoms with van der Waals surface area (Å²) in [5.41, 5.74) is 0.831. The molecule has 0 aliphatic carbocycles. The Bertz CT molecular complexity index is 584.